The van der Waals surface area contributed by atoms with Crippen molar-refractivity contribution < 1.29 is 18.0 Å². The number of nitrogens with one attached hydrogen (secondary N) is 2. The highest BCUT2D eigenvalue weighted by atomic mass is 32.2. The molecule has 0 fully saturated rings. The van der Waals surface area contributed by atoms with Crippen LogP contribution in [-0.2, 0) is 14.8 Å². The second-order valence-electron chi connectivity index (χ2n) is 6.70. The van der Waals surface area contributed by atoms with Gasteiger partial charge < -0.3 is 10.6 Å². The Hall–Kier alpha value is -3.14. The summed E-state index contributed by atoms with van der Waals surface area (Å²) in [7, 11) is -3.77. The normalized spacial score (nSPS) is 11.0. The van der Waals surface area contributed by atoms with E-state index in [9.17, 15) is 18.0 Å². The number of carbonyl (C=O) groups is 2. The second kappa shape index (κ2) is 9.78. The minimum Gasteiger partial charge on any atom is -0.325 e. The lowest BCUT2D eigenvalue weighted by molar-refractivity contribution is -0.113. The predicted molar refractivity (Wildman–Crippen MR) is 123 cm³/mol. The van der Waals surface area contributed by atoms with Crippen molar-refractivity contribution in [2.24, 2.45) is 5.14 Å². The third-order valence-electron chi connectivity index (χ3n) is 4.34. The summed E-state index contributed by atoms with van der Waals surface area (Å²) in [6.45, 7) is 1.88. The number of thioether (sulfide) groups is 1. The van der Waals surface area contributed by atoms with Crippen LogP contribution in [0.25, 0.3) is 0 Å². The van der Waals surface area contributed by atoms with Crippen LogP contribution in [0, 0.1) is 6.92 Å². The second-order valence-corrected chi connectivity index (χ2v) is 9.31. The van der Waals surface area contributed by atoms with Crippen LogP contribution < -0.4 is 15.8 Å². The monoisotopic (exact) mass is 455 g/mol. The van der Waals surface area contributed by atoms with E-state index in [1.54, 1.807) is 18.2 Å². The molecule has 7 nitrogen and oxygen atoms in total. The minimum absolute atomic E-state index is 0.0190. The Bertz CT molecular complexity index is 1190. The van der Waals surface area contributed by atoms with Gasteiger partial charge in [0.2, 0.25) is 15.9 Å². The number of benzene rings is 3. The van der Waals surface area contributed by atoms with Gasteiger partial charge in [0.15, 0.2) is 0 Å². The van der Waals surface area contributed by atoms with E-state index in [0.29, 0.717) is 16.9 Å². The number of primary sulfonamides is 1. The highest BCUT2D eigenvalue weighted by Crippen LogP contribution is 2.22. The Labute approximate surface area is 185 Å². The predicted octanol–water partition coefficient (Wildman–Crippen LogP) is 3.63. The molecule has 3 aromatic carbocycles. The van der Waals surface area contributed by atoms with Crippen LogP contribution in [0.3, 0.4) is 0 Å². The zero-order valence-corrected chi connectivity index (χ0v) is 18.3. The van der Waals surface area contributed by atoms with E-state index in [4.69, 9.17) is 5.14 Å². The van der Waals surface area contributed by atoms with Crippen LogP contribution in [0.2, 0.25) is 0 Å². The van der Waals surface area contributed by atoms with Crippen LogP contribution in [-0.4, -0.2) is 26.0 Å². The largest absolute Gasteiger partial charge is 0.325 e. The molecule has 0 saturated heterocycles. The maximum absolute atomic E-state index is 12.4. The van der Waals surface area contributed by atoms with Crippen LogP contribution in [0.15, 0.2) is 82.6 Å². The average molecular weight is 456 g/mol. The molecule has 0 spiro atoms. The molecule has 2 amide bonds. The van der Waals surface area contributed by atoms with Gasteiger partial charge in [0.1, 0.15) is 0 Å². The molecule has 160 valence electrons. The summed E-state index contributed by atoms with van der Waals surface area (Å²) in [5, 5.41) is 10.6. The number of sulfonamides is 1. The van der Waals surface area contributed by atoms with Crippen molar-refractivity contribution in [3.05, 3.63) is 83.9 Å². The lowest BCUT2D eigenvalue weighted by atomic mass is 10.1. The molecule has 0 saturated carbocycles. The third-order valence-corrected chi connectivity index (χ3v) is 6.28. The molecular weight excluding hydrogens is 434 g/mol. The first-order valence-electron chi connectivity index (χ1n) is 9.25. The van der Waals surface area contributed by atoms with Gasteiger partial charge in [0, 0.05) is 21.8 Å². The summed E-state index contributed by atoms with van der Waals surface area (Å²) < 4.78 is 22.5. The molecule has 0 radical (unpaired) electrons. The molecule has 31 heavy (non-hydrogen) atoms. The molecule has 0 heterocycles. The van der Waals surface area contributed by atoms with E-state index in [-0.39, 0.29) is 22.5 Å². The fraction of sp³-hybridized carbons (Fsp3) is 0.0909. The molecule has 0 aliphatic heterocycles. The van der Waals surface area contributed by atoms with Crippen LogP contribution in [0.5, 0.6) is 0 Å². The summed E-state index contributed by atoms with van der Waals surface area (Å²) in [5.74, 6) is -0.233. The molecule has 0 aliphatic carbocycles. The topological polar surface area (TPSA) is 118 Å². The zero-order chi connectivity index (χ0) is 22.4. The number of nitrogens with two attached hydrogens (primary N) is 1. The number of amides is 2. The molecular formula is C22H21N3O4S2. The van der Waals surface area contributed by atoms with E-state index in [2.05, 4.69) is 10.6 Å². The molecule has 3 aromatic rings. The summed E-state index contributed by atoms with van der Waals surface area (Å²) in [4.78, 5) is 25.4. The van der Waals surface area contributed by atoms with E-state index >= 15 is 0 Å². The Balaban J connectivity index is 1.51. The van der Waals surface area contributed by atoms with E-state index in [1.807, 2.05) is 37.3 Å². The first-order chi connectivity index (χ1) is 14.7. The molecule has 0 bridgehead atoms. The van der Waals surface area contributed by atoms with Gasteiger partial charge in [-0.25, -0.2) is 13.6 Å². The molecule has 0 aliphatic rings. The minimum atomic E-state index is -3.77. The van der Waals surface area contributed by atoms with Crippen molar-refractivity contribution in [2.45, 2.75) is 16.7 Å². The molecule has 0 aromatic heterocycles. The van der Waals surface area contributed by atoms with Crippen LogP contribution >= 0.6 is 11.8 Å². The number of hydrogen-bond acceptors (Lipinski definition) is 5. The van der Waals surface area contributed by atoms with E-state index < -0.39 is 10.0 Å². The fourth-order valence-electron chi connectivity index (χ4n) is 2.73. The van der Waals surface area contributed by atoms with Gasteiger partial charge in [-0.3, -0.25) is 9.59 Å². The Morgan fingerprint density at radius 1 is 0.871 bits per heavy atom. The van der Waals surface area contributed by atoms with Gasteiger partial charge in [-0.1, -0.05) is 18.2 Å². The van der Waals surface area contributed by atoms with Crippen molar-refractivity contribution >= 4 is 45.0 Å². The summed E-state index contributed by atoms with van der Waals surface area (Å²) in [6, 6.07) is 20.2. The number of rotatable bonds is 7. The number of carbonyl (C=O) groups excluding carboxylic acids is 2. The van der Waals surface area contributed by atoms with Crippen LogP contribution in [0.4, 0.5) is 11.4 Å². The van der Waals surface area contributed by atoms with E-state index in [0.717, 1.165) is 10.5 Å². The maximum Gasteiger partial charge on any atom is 0.255 e. The van der Waals surface area contributed by atoms with Gasteiger partial charge in [-0.15, -0.1) is 11.8 Å². The summed E-state index contributed by atoms with van der Waals surface area (Å²) in [5.41, 5.74) is 2.66. The SMILES string of the molecule is Cc1ccccc1C(=O)Nc1ccc(SCC(=O)Nc2ccc(S(N)(=O)=O)cc2)cc1. The quantitative estimate of drug-likeness (QED) is 0.470. The van der Waals surface area contributed by atoms with Gasteiger partial charge in [-0.2, -0.15) is 0 Å². The smallest absolute Gasteiger partial charge is 0.255 e. The first-order valence-corrected chi connectivity index (χ1v) is 11.8. The van der Waals surface area contributed by atoms with Gasteiger partial charge in [-0.05, 0) is 67.1 Å². The van der Waals surface area contributed by atoms with E-state index in [1.165, 1.54) is 36.0 Å². The number of anilines is 2. The Morgan fingerprint density at radius 3 is 2.06 bits per heavy atom. The first kappa shape index (κ1) is 22.5. The third kappa shape index (κ3) is 6.42. The standard InChI is InChI=1S/C22H21N3O4S2/c1-15-4-2-3-5-20(15)22(27)25-17-6-10-18(11-7-17)30-14-21(26)24-16-8-12-19(13-9-16)31(23,28)29/h2-13H,14H2,1H3,(H,24,26)(H,25,27)(H2,23,28,29). The zero-order valence-electron chi connectivity index (χ0n) is 16.7. The molecule has 4 N–H and O–H groups in total. The lowest BCUT2D eigenvalue weighted by Crippen LogP contribution is -2.15. The highest BCUT2D eigenvalue weighted by molar-refractivity contribution is 8.00. The molecule has 0 unspecified atom stereocenters. The van der Waals surface area contributed by atoms with Gasteiger partial charge >= 0.3 is 0 Å². The van der Waals surface area contributed by atoms with Gasteiger partial charge in [0.25, 0.3) is 5.91 Å². The van der Waals surface area contributed by atoms with Crippen molar-refractivity contribution in [1.82, 2.24) is 0 Å². The van der Waals surface area contributed by atoms with Crippen molar-refractivity contribution in [2.75, 3.05) is 16.4 Å². The summed E-state index contributed by atoms with van der Waals surface area (Å²) >= 11 is 1.34. The van der Waals surface area contributed by atoms with Crippen molar-refractivity contribution in [3.8, 4) is 0 Å². The number of aryl methyl sites for hydroxylation is 1. The molecule has 0 atom stereocenters. The number of hydrogen-bond donors (Lipinski definition) is 3. The molecule has 9 heteroatoms. The Morgan fingerprint density at radius 2 is 1.45 bits per heavy atom. The maximum atomic E-state index is 12.4. The van der Waals surface area contributed by atoms with Crippen molar-refractivity contribution in [3.63, 3.8) is 0 Å². The molecule has 3 rings (SSSR count). The average Bonchev–Trinajstić information content (AvgIpc) is 2.73. The van der Waals surface area contributed by atoms with Crippen molar-refractivity contribution in [1.29, 1.82) is 0 Å². The lowest BCUT2D eigenvalue weighted by Gasteiger charge is -2.09. The highest BCUT2D eigenvalue weighted by Gasteiger charge is 2.10. The van der Waals surface area contributed by atoms with Crippen LogP contribution in [0.1, 0.15) is 15.9 Å². The summed E-state index contributed by atoms with van der Waals surface area (Å²) in [6.07, 6.45) is 0. The Kier molecular flexibility index (Phi) is 7.11. The fourth-order valence-corrected chi connectivity index (χ4v) is 3.95. The van der Waals surface area contributed by atoms with Gasteiger partial charge in [0.05, 0.1) is 10.6 Å².